The fourth-order valence-electron chi connectivity index (χ4n) is 2.77. The second kappa shape index (κ2) is 8.67. The molecule has 0 unspecified atom stereocenters. The average Bonchev–Trinajstić information content (AvgIpc) is 2.92. The first-order chi connectivity index (χ1) is 12.1. The Balaban J connectivity index is 0.00000243. The predicted molar refractivity (Wildman–Crippen MR) is 97.4 cm³/mol. The lowest BCUT2D eigenvalue weighted by atomic mass is 10.1. The fourth-order valence-corrected chi connectivity index (χ4v) is 2.77. The van der Waals surface area contributed by atoms with Gasteiger partial charge in [-0.2, -0.15) is 0 Å². The molecule has 3 rings (SSSR count). The van der Waals surface area contributed by atoms with E-state index >= 15 is 0 Å². The molecule has 0 spiro atoms. The highest BCUT2D eigenvalue weighted by Gasteiger charge is 2.20. The maximum atomic E-state index is 12.4. The largest absolute Gasteiger partial charge is 1.00 e. The van der Waals surface area contributed by atoms with Crippen molar-refractivity contribution < 1.29 is 31.1 Å². The van der Waals surface area contributed by atoms with E-state index in [-0.39, 0.29) is 29.3 Å². The molecule has 3 aromatic rings. The van der Waals surface area contributed by atoms with Gasteiger partial charge in [0.1, 0.15) is 24.2 Å². The number of rotatable bonds is 6. The lowest BCUT2D eigenvalue weighted by Crippen LogP contribution is -3.00. The maximum Gasteiger partial charge on any atom is 0.355 e. The topological polar surface area (TPSA) is 61.1 Å². The molecule has 0 atom stereocenters. The molecule has 1 heterocycles. The van der Waals surface area contributed by atoms with Gasteiger partial charge in [-0.3, -0.25) is 10.5 Å². The van der Waals surface area contributed by atoms with Gasteiger partial charge in [-0.05, 0) is 31.2 Å². The number of imidazole rings is 1. The maximum absolute atomic E-state index is 12.4. The molecule has 0 saturated carbocycles. The van der Waals surface area contributed by atoms with Gasteiger partial charge in [0.2, 0.25) is 0 Å². The monoisotopic (exact) mass is 415 g/mol. The number of ketones is 1. The number of nitrogens with zero attached hydrogens (tertiary/aromatic N) is 2. The number of carbonyl (C=O) groups excluding carboxylic acids is 1. The zero-order valence-electron chi connectivity index (χ0n) is 14.9. The van der Waals surface area contributed by atoms with Crippen LogP contribution < -0.4 is 32.0 Å². The summed E-state index contributed by atoms with van der Waals surface area (Å²) in [6, 6.07) is 17.1. The lowest BCUT2D eigenvalue weighted by molar-refractivity contribution is -0.667. The number of anilines is 1. The summed E-state index contributed by atoms with van der Waals surface area (Å²) in [5.74, 6) is 1.40. The molecule has 136 valence electrons. The molecule has 0 radical (unpaired) electrons. The van der Waals surface area contributed by atoms with E-state index in [1.807, 2.05) is 79.3 Å². The third-order valence-electron chi connectivity index (χ3n) is 4.15. The molecule has 0 saturated heterocycles. The van der Waals surface area contributed by atoms with Crippen LogP contribution in [0.2, 0.25) is 0 Å². The Labute approximate surface area is 163 Å². The first kappa shape index (κ1) is 19.7. The summed E-state index contributed by atoms with van der Waals surface area (Å²) < 4.78 is 9.14. The smallest absolute Gasteiger partial charge is 0.355 e. The summed E-state index contributed by atoms with van der Waals surface area (Å²) >= 11 is 0. The number of benzene rings is 2. The molecule has 0 aliphatic carbocycles. The Morgan fingerprint density at radius 1 is 1.12 bits per heavy atom. The molecule has 0 bridgehead atoms. The van der Waals surface area contributed by atoms with Gasteiger partial charge in [0.25, 0.3) is 0 Å². The first-order valence-corrected chi connectivity index (χ1v) is 8.26. The van der Waals surface area contributed by atoms with Crippen LogP contribution in [0, 0.1) is 0 Å². The number of carbonyl (C=O) groups is 1. The number of Topliss-reactive ketones (excluding diaryl/α,β-unsaturated/α-hetero) is 1. The Morgan fingerprint density at radius 3 is 2.38 bits per heavy atom. The Bertz CT molecular complexity index is 874. The molecule has 26 heavy (non-hydrogen) atoms. The molecule has 6 heteroatoms. The van der Waals surface area contributed by atoms with Gasteiger partial charge in [0.15, 0.2) is 5.78 Å². The highest BCUT2D eigenvalue weighted by molar-refractivity contribution is 5.95. The summed E-state index contributed by atoms with van der Waals surface area (Å²) in [7, 11) is 1.89. The highest BCUT2D eigenvalue weighted by Crippen LogP contribution is 2.23. The van der Waals surface area contributed by atoms with Gasteiger partial charge >= 0.3 is 5.95 Å². The van der Waals surface area contributed by atoms with Crippen molar-refractivity contribution in [2.24, 2.45) is 7.05 Å². The summed E-state index contributed by atoms with van der Waals surface area (Å²) in [4.78, 5) is 12.4. The van der Waals surface area contributed by atoms with Crippen molar-refractivity contribution in [1.82, 2.24) is 4.57 Å². The Kier molecular flexibility index (Phi) is 6.58. The SMILES string of the molecule is CCOc1ccc(-c2c[n+](CC(=O)c3ccccc3)c(N)n2C)cc1.[Br-]. The lowest BCUT2D eigenvalue weighted by Gasteiger charge is -2.03. The van der Waals surface area contributed by atoms with Crippen molar-refractivity contribution >= 4 is 11.7 Å². The molecule has 0 aliphatic heterocycles. The third-order valence-corrected chi connectivity index (χ3v) is 4.15. The number of ether oxygens (including phenoxy) is 1. The summed E-state index contributed by atoms with van der Waals surface area (Å²) in [5.41, 5.74) is 8.84. The van der Waals surface area contributed by atoms with E-state index in [4.69, 9.17) is 10.5 Å². The second-order valence-corrected chi connectivity index (χ2v) is 5.81. The Morgan fingerprint density at radius 2 is 1.77 bits per heavy atom. The van der Waals surface area contributed by atoms with Crippen LogP contribution in [0.4, 0.5) is 5.95 Å². The molecule has 0 amide bonds. The summed E-state index contributed by atoms with van der Waals surface area (Å²) in [5, 5.41) is 0. The van der Waals surface area contributed by atoms with E-state index < -0.39 is 0 Å². The van der Waals surface area contributed by atoms with E-state index in [2.05, 4.69) is 0 Å². The molecule has 0 aliphatic rings. The van der Waals surface area contributed by atoms with Crippen LogP contribution in [0.1, 0.15) is 17.3 Å². The van der Waals surface area contributed by atoms with Crippen LogP contribution in [0.5, 0.6) is 5.75 Å². The van der Waals surface area contributed by atoms with Gasteiger partial charge in [-0.25, -0.2) is 9.13 Å². The van der Waals surface area contributed by atoms with Crippen LogP contribution in [-0.2, 0) is 13.6 Å². The molecule has 1 aromatic heterocycles. The molecule has 2 N–H and O–H groups in total. The van der Waals surface area contributed by atoms with E-state index in [0.29, 0.717) is 18.1 Å². The minimum atomic E-state index is 0. The van der Waals surface area contributed by atoms with Gasteiger partial charge in [0.05, 0.1) is 13.7 Å². The van der Waals surface area contributed by atoms with Gasteiger partial charge in [0, 0.05) is 11.1 Å². The van der Waals surface area contributed by atoms with Crippen LogP contribution in [-0.4, -0.2) is 17.0 Å². The van der Waals surface area contributed by atoms with Crippen molar-refractivity contribution in [3.8, 4) is 17.0 Å². The van der Waals surface area contributed by atoms with E-state index in [1.54, 1.807) is 4.57 Å². The number of nitrogens with two attached hydrogens (primary N) is 1. The molecule has 5 nitrogen and oxygen atoms in total. The van der Waals surface area contributed by atoms with Crippen molar-refractivity contribution in [1.29, 1.82) is 0 Å². The fraction of sp³-hybridized carbons (Fsp3) is 0.200. The van der Waals surface area contributed by atoms with Crippen LogP contribution in [0.15, 0.2) is 60.8 Å². The number of hydrogen-bond acceptors (Lipinski definition) is 3. The summed E-state index contributed by atoms with van der Waals surface area (Å²) in [6.45, 7) is 2.80. The van der Waals surface area contributed by atoms with Crippen molar-refractivity contribution in [2.45, 2.75) is 13.5 Å². The average molecular weight is 416 g/mol. The quantitative estimate of drug-likeness (QED) is 0.449. The van der Waals surface area contributed by atoms with Gasteiger partial charge in [-0.1, -0.05) is 30.3 Å². The van der Waals surface area contributed by atoms with Crippen molar-refractivity contribution in [3.63, 3.8) is 0 Å². The van der Waals surface area contributed by atoms with Crippen LogP contribution in [0.3, 0.4) is 0 Å². The minimum Gasteiger partial charge on any atom is -1.00 e. The zero-order valence-corrected chi connectivity index (χ0v) is 16.4. The second-order valence-electron chi connectivity index (χ2n) is 5.81. The van der Waals surface area contributed by atoms with E-state index in [9.17, 15) is 4.79 Å². The first-order valence-electron chi connectivity index (χ1n) is 8.26. The zero-order chi connectivity index (χ0) is 17.8. The highest BCUT2D eigenvalue weighted by atomic mass is 79.9. The number of nitrogen functional groups attached to an aromatic ring is 1. The van der Waals surface area contributed by atoms with E-state index in [1.165, 1.54) is 0 Å². The third kappa shape index (κ3) is 4.14. The van der Waals surface area contributed by atoms with Crippen molar-refractivity contribution in [3.05, 3.63) is 66.4 Å². The van der Waals surface area contributed by atoms with Crippen molar-refractivity contribution in [2.75, 3.05) is 12.3 Å². The van der Waals surface area contributed by atoms with Crippen LogP contribution >= 0.6 is 0 Å². The van der Waals surface area contributed by atoms with Gasteiger partial charge < -0.3 is 21.7 Å². The number of halogens is 1. The standard InChI is InChI=1S/C20H21N3O2.BrH/c1-3-25-17-11-9-15(10-12-17)18-13-23(20(21)22(18)2)14-19(24)16-7-5-4-6-8-16;/h4-13,21H,3,14H2,1-2H3;1H. The van der Waals surface area contributed by atoms with E-state index in [0.717, 1.165) is 17.0 Å². The molecule has 2 aromatic carbocycles. The minimum absolute atomic E-state index is 0. The molecule has 0 fully saturated rings. The molecular formula is C20H22BrN3O2. The number of aromatic nitrogens is 2. The van der Waals surface area contributed by atoms with Crippen LogP contribution in [0.25, 0.3) is 11.3 Å². The normalized spacial score (nSPS) is 10.2. The Hall–Kier alpha value is -2.60. The molecular weight excluding hydrogens is 394 g/mol. The van der Waals surface area contributed by atoms with Gasteiger partial charge in [-0.15, -0.1) is 0 Å². The number of hydrogen-bond donors (Lipinski definition) is 1. The predicted octanol–water partition coefficient (Wildman–Crippen LogP) is -0.153. The summed E-state index contributed by atoms with van der Waals surface area (Å²) in [6.07, 6.45) is 1.91.